The molecule has 0 saturated carbocycles. The van der Waals surface area contributed by atoms with Crippen LogP contribution >= 0.6 is 0 Å². The van der Waals surface area contributed by atoms with Gasteiger partial charge in [-0.1, -0.05) is 18.2 Å². The summed E-state index contributed by atoms with van der Waals surface area (Å²) in [4.78, 5) is 18.9. The third kappa shape index (κ3) is 2.31. The Morgan fingerprint density at radius 1 is 1.35 bits per heavy atom. The van der Waals surface area contributed by atoms with Gasteiger partial charge in [0.1, 0.15) is 12.2 Å². The van der Waals surface area contributed by atoms with Crippen LogP contribution in [0.3, 0.4) is 0 Å². The van der Waals surface area contributed by atoms with Crippen molar-refractivity contribution in [2.45, 2.75) is 32.2 Å². The van der Waals surface area contributed by atoms with E-state index in [1.165, 1.54) is 6.33 Å². The summed E-state index contributed by atoms with van der Waals surface area (Å²) in [6.45, 7) is 2.75. The molecular formula is C15H18N4O. The van der Waals surface area contributed by atoms with Gasteiger partial charge < -0.3 is 4.90 Å². The summed E-state index contributed by atoms with van der Waals surface area (Å²) in [5.41, 5.74) is 1.79. The molecule has 1 fully saturated rings. The number of piperidine rings is 1. The number of aryl methyl sites for hydroxylation is 1. The fourth-order valence-electron chi connectivity index (χ4n) is 2.80. The molecule has 1 saturated heterocycles. The number of benzene rings is 1. The van der Waals surface area contributed by atoms with Gasteiger partial charge in [0.05, 0.1) is 6.04 Å². The van der Waals surface area contributed by atoms with Crippen molar-refractivity contribution < 1.29 is 4.79 Å². The Bertz CT molecular complexity index is 594. The molecule has 0 spiro atoms. The molecule has 1 atom stereocenters. The summed E-state index contributed by atoms with van der Waals surface area (Å²) >= 11 is 0. The van der Waals surface area contributed by atoms with Crippen molar-refractivity contribution in [2.75, 3.05) is 6.54 Å². The van der Waals surface area contributed by atoms with Crippen LogP contribution in [0.4, 0.5) is 0 Å². The number of nitrogens with one attached hydrogen (secondary N) is 1. The second-order valence-corrected chi connectivity index (χ2v) is 5.20. The highest BCUT2D eigenvalue weighted by Gasteiger charge is 2.30. The van der Waals surface area contributed by atoms with Crippen molar-refractivity contribution in [3.8, 4) is 0 Å². The minimum atomic E-state index is 0.0124. The minimum absolute atomic E-state index is 0.0124. The van der Waals surface area contributed by atoms with Gasteiger partial charge in [-0.15, -0.1) is 0 Å². The van der Waals surface area contributed by atoms with Crippen molar-refractivity contribution >= 4 is 5.91 Å². The van der Waals surface area contributed by atoms with Gasteiger partial charge in [0.15, 0.2) is 0 Å². The lowest BCUT2D eigenvalue weighted by atomic mass is 9.99. The Hall–Kier alpha value is -2.17. The number of carbonyl (C=O) groups is 1. The topological polar surface area (TPSA) is 61.9 Å². The van der Waals surface area contributed by atoms with Gasteiger partial charge in [0.2, 0.25) is 0 Å². The van der Waals surface area contributed by atoms with Crippen molar-refractivity contribution in [1.29, 1.82) is 0 Å². The van der Waals surface area contributed by atoms with Crippen molar-refractivity contribution in [1.82, 2.24) is 20.1 Å². The molecule has 1 amide bonds. The molecule has 1 aromatic heterocycles. The van der Waals surface area contributed by atoms with E-state index < -0.39 is 0 Å². The summed E-state index contributed by atoms with van der Waals surface area (Å²) in [7, 11) is 0. The molecular weight excluding hydrogens is 252 g/mol. The number of hydrogen-bond acceptors (Lipinski definition) is 3. The van der Waals surface area contributed by atoms with E-state index in [0.717, 1.165) is 42.8 Å². The van der Waals surface area contributed by atoms with Crippen molar-refractivity contribution in [3.63, 3.8) is 0 Å². The van der Waals surface area contributed by atoms with Crippen LogP contribution in [0.25, 0.3) is 0 Å². The summed E-state index contributed by atoms with van der Waals surface area (Å²) in [5, 5.41) is 6.81. The molecule has 2 heterocycles. The van der Waals surface area contributed by atoms with E-state index in [-0.39, 0.29) is 11.9 Å². The maximum absolute atomic E-state index is 12.8. The van der Waals surface area contributed by atoms with Crippen LogP contribution in [-0.4, -0.2) is 32.5 Å². The smallest absolute Gasteiger partial charge is 0.254 e. The molecule has 5 nitrogen and oxygen atoms in total. The first-order chi connectivity index (χ1) is 9.77. The zero-order valence-corrected chi connectivity index (χ0v) is 11.5. The number of amides is 1. The van der Waals surface area contributed by atoms with E-state index in [2.05, 4.69) is 15.2 Å². The zero-order chi connectivity index (χ0) is 13.9. The van der Waals surface area contributed by atoms with Crippen LogP contribution in [0.15, 0.2) is 30.6 Å². The number of likely N-dealkylation sites (tertiary alicyclic amines) is 1. The minimum Gasteiger partial charge on any atom is -0.328 e. The second-order valence-electron chi connectivity index (χ2n) is 5.20. The van der Waals surface area contributed by atoms with Crippen LogP contribution in [0, 0.1) is 6.92 Å². The average molecular weight is 270 g/mol. The Morgan fingerprint density at radius 2 is 2.20 bits per heavy atom. The summed E-state index contributed by atoms with van der Waals surface area (Å²) in [6, 6.07) is 7.74. The standard InChI is InChI=1S/C15H18N4O/c1-11-6-2-3-7-12(11)15(20)19-9-5-4-8-13(19)14-16-10-17-18-14/h2-3,6-7,10,13H,4-5,8-9H2,1H3,(H,16,17,18). The van der Waals surface area contributed by atoms with Gasteiger partial charge in [-0.05, 0) is 37.8 Å². The molecule has 1 aromatic carbocycles. The number of H-pyrrole nitrogens is 1. The van der Waals surface area contributed by atoms with E-state index in [0.29, 0.717) is 0 Å². The van der Waals surface area contributed by atoms with E-state index in [4.69, 9.17) is 0 Å². The predicted octanol–water partition coefficient (Wildman–Crippen LogP) is 2.48. The molecule has 20 heavy (non-hydrogen) atoms. The number of carbonyl (C=O) groups excluding carboxylic acids is 1. The van der Waals surface area contributed by atoms with E-state index in [1.54, 1.807) is 0 Å². The normalized spacial score (nSPS) is 19.1. The van der Waals surface area contributed by atoms with E-state index in [1.807, 2.05) is 36.1 Å². The third-order valence-corrected chi connectivity index (χ3v) is 3.89. The highest BCUT2D eigenvalue weighted by Crippen LogP contribution is 2.30. The summed E-state index contributed by atoms with van der Waals surface area (Å²) in [5.74, 6) is 0.871. The van der Waals surface area contributed by atoms with Gasteiger partial charge in [-0.2, -0.15) is 5.10 Å². The van der Waals surface area contributed by atoms with Gasteiger partial charge >= 0.3 is 0 Å². The van der Waals surface area contributed by atoms with Gasteiger partial charge in [0, 0.05) is 12.1 Å². The van der Waals surface area contributed by atoms with Gasteiger partial charge in [-0.3, -0.25) is 9.89 Å². The van der Waals surface area contributed by atoms with Gasteiger partial charge in [0.25, 0.3) is 5.91 Å². The maximum atomic E-state index is 12.8. The molecule has 3 rings (SSSR count). The fraction of sp³-hybridized carbons (Fsp3) is 0.400. The van der Waals surface area contributed by atoms with E-state index >= 15 is 0 Å². The fourth-order valence-corrected chi connectivity index (χ4v) is 2.80. The Labute approximate surface area is 118 Å². The Morgan fingerprint density at radius 3 is 2.95 bits per heavy atom. The first-order valence-corrected chi connectivity index (χ1v) is 6.99. The lowest BCUT2D eigenvalue weighted by Gasteiger charge is -2.34. The largest absolute Gasteiger partial charge is 0.328 e. The van der Waals surface area contributed by atoms with Crippen molar-refractivity contribution in [3.05, 3.63) is 47.5 Å². The molecule has 104 valence electrons. The lowest BCUT2D eigenvalue weighted by molar-refractivity contribution is 0.0599. The average Bonchev–Trinajstić information content (AvgIpc) is 3.01. The molecule has 1 aliphatic rings. The molecule has 1 unspecified atom stereocenters. The molecule has 0 bridgehead atoms. The maximum Gasteiger partial charge on any atom is 0.254 e. The van der Waals surface area contributed by atoms with Crippen LogP contribution in [0.1, 0.15) is 47.1 Å². The molecule has 5 heteroatoms. The van der Waals surface area contributed by atoms with Crippen LogP contribution in [0.5, 0.6) is 0 Å². The highest BCUT2D eigenvalue weighted by molar-refractivity contribution is 5.95. The Balaban J connectivity index is 1.90. The lowest BCUT2D eigenvalue weighted by Crippen LogP contribution is -2.39. The number of rotatable bonds is 2. The monoisotopic (exact) mass is 270 g/mol. The van der Waals surface area contributed by atoms with Crippen LogP contribution in [0.2, 0.25) is 0 Å². The molecule has 0 aliphatic carbocycles. The third-order valence-electron chi connectivity index (χ3n) is 3.89. The highest BCUT2D eigenvalue weighted by atomic mass is 16.2. The Kier molecular flexibility index (Phi) is 3.50. The first-order valence-electron chi connectivity index (χ1n) is 6.99. The number of aromatic nitrogens is 3. The second kappa shape index (κ2) is 5.45. The van der Waals surface area contributed by atoms with E-state index in [9.17, 15) is 4.79 Å². The molecule has 2 aromatic rings. The first kappa shape index (κ1) is 12.8. The SMILES string of the molecule is Cc1ccccc1C(=O)N1CCCCC1c1ncn[nH]1. The summed E-state index contributed by atoms with van der Waals surface area (Å²) in [6.07, 6.45) is 4.60. The number of nitrogens with zero attached hydrogens (tertiary/aromatic N) is 3. The van der Waals surface area contributed by atoms with Crippen molar-refractivity contribution in [2.24, 2.45) is 0 Å². The quantitative estimate of drug-likeness (QED) is 0.912. The predicted molar refractivity (Wildman–Crippen MR) is 75.2 cm³/mol. The molecule has 1 aliphatic heterocycles. The molecule has 1 N–H and O–H groups in total. The van der Waals surface area contributed by atoms with Crippen LogP contribution in [-0.2, 0) is 0 Å². The molecule has 0 radical (unpaired) electrons. The zero-order valence-electron chi connectivity index (χ0n) is 11.5. The summed E-state index contributed by atoms with van der Waals surface area (Å²) < 4.78 is 0. The van der Waals surface area contributed by atoms with Crippen LogP contribution < -0.4 is 0 Å². The van der Waals surface area contributed by atoms with Gasteiger partial charge in [-0.25, -0.2) is 4.98 Å². The number of aromatic amines is 1. The number of hydrogen-bond donors (Lipinski definition) is 1.